The zero-order valence-corrected chi connectivity index (χ0v) is 5.24. The zero-order valence-electron chi connectivity index (χ0n) is 3.65. The van der Waals surface area contributed by atoms with Gasteiger partial charge in [-0.2, -0.15) is 0 Å². The summed E-state index contributed by atoms with van der Waals surface area (Å²) >= 11 is 3.23. The molecule has 0 aromatic rings. The fraction of sp³-hybridized carbons (Fsp3) is 0.750. The van der Waals surface area contributed by atoms with Crippen molar-refractivity contribution < 1.29 is 0 Å². The first-order valence-corrected chi connectivity index (χ1v) is 3.04. The van der Waals surface area contributed by atoms with Crippen molar-refractivity contribution in [3.63, 3.8) is 0 Å². The summed E-state index contributed by atoms with van der Waals surface area (Å²) in [6, 6.07) is 0.101. The third-order valence-corrected chi connectivity index (χ3v) is 0.938. The van der Waals surface area contributed by atoms with Gasteiger partial charge in [0.2, 0.25) is 0 Å². The maximum atomic E-state index is 5.26. The first-order valence-electron chi connectivity index (χ1n) is 1.92. The lowest BCUT2D eigenvalue weighted by Gasteiger charge is -1.95. The Hall–Kier alpha value is 0.440. The third kappa shape index (κ3) is 4.44. The molecule has 0 rings (SSSR count). The molecular formula is C4H9BrN. The molecule has 1 radical (unpaired) electrons. The summed E-state index contributed by atoms with van der Waals surface area (Å²) < 4.78 is 0. The van der Waals surface area contributed by atoms with Crippen LogP contribution in [0, 0.1) is 6.92 Å². The van der Waals surface area contributed by atoms with Gasteiger partial charge in [0, 0.05) is 11.4 Å². The first-order chi connectivity index (χ1) is 2.77. The Morgan fingerprint density at radius 2 is 2.33 bits per heavy atom. The topological polar surface area (TPSA) is 26.0 Å². The smallest absolute Gasteiger partial charge is 0.00473 e. The molecule has 0 aliphatic carbocycles. The Kier molecular flexibility index (Phi) is 3.89. The van der Waals surface area contributed by atoms with Crippen LogP contribution in [0.4, 0.5) is 0 Å². The summed E-state index contributed by atoms with van der Waals surface area (Å²) in [4.78, 5) is 0. The zero-order chi connectivity index (χ0) is 4.99. The van der Waals surface area contributed by atoms with Crippen molar-refractivity contribution in [2.24, 2.45) is 5.73 Å². The molecule has 1 unspecified atom stereocenters. The Labute approximate surface area is 47.0 Å². The molecule has 6 heavy (non-hydrogen) atoms. The number of hydrogen-bond donors (Lipinski definition) is 1. The Bertz CT molecular complexity index is 28.7. The van der Waals surface area contributed by atoms with Crippen LogP contribution in [-0.4, -0.2) is 11.4 Å². The SMILES string of the molecule is [CH2]C(N)CCBr. The summed E-state index contributed by atoms with van der Waals surface area (Å²) in [5.41, 5.74) is 5.26. The molecule has 0 saturated heterocycles. The highest BCUT2D eigenvalue weighted by Crippen LogP contribution is 1.88. The Balaban J connectivity index is 2.63. The van der Waals surface area contributed by atoms with Crippen LogP contribution in [0.2, 0.25) is 0 Å². The second-order valence-electron chi connectivity index (χ2n) is 1.24. The lowest BCUT2D eigenvalue weighted by atomic mass is 10.3. The molecule has 0 fully saturated rings. The van der Waals surface area contributed by atoms with Gasteiger partial charge >= 0.3 is 0 Å². The molecule has 1 atom stereocenters. The molecule has 0 saturated carbocycles. The van der Waals surface area contributed by atoms with E-state index < -0.39 is 0 Å². The molecule has 0 aliphatic rings. The van der Waals surface area contributed by atoms with Crippen molar-refractivity contribution >= 4 is 15.9 Å². The largest absolute Gasteiger partial charge is 0.328 e. The molecule has 0 heterocycles. The molecule has 2 N–H and O–H groups in total. The van der Waals surface area contributed by atoms with Crippen LogP contribution in [-0.2, 0) is 0 Å². The predicted octanol–water partition coefficient (Wildman–Crippen LogP) is 0.933. The minimum atomic E-state index is 0.101. The van der Waals surface area contributed by atoms with Crippen molar-refractivity contribution in [1.29, 1.82) is 0 Å². The maximum Gasteiger partial charge on any atom is 0.00473 e. The van der Waals surface area contributed by atoms with E-state index in [1.54, 1.807) is 0 Å². The molecular weight excluding hydrogens is 142 g/mol. The second-order valence-corrected chi connectivity index (χ2v) is 2.03. The fourth-order valence-corrected chi connectivity index (χ4v) is 0.728. The third-order valence-electron chi connectivity index (χ3n) is 0.480. The summed E-state index contributed by atoms with van der Waals surface area (Å²) in [6.45, 7) is 3.58. The predicted molar refractivity (Wildman–Crippen MR) is 31.7 cm³/mol. The van der Waals surface area contributed by atoms with E-state index in [-0.39, 0.29) is 6.04 Å². The van der Waals surface area contributed by atoms with Gasteiger partial charge in [-0.15, -0.1) is 0 Å². The maximum absolute atomic E-state index is 5.26. The van der Waals surface area contributed by atoms with Gasteiger partial charge in [-0.25, -0.2) is 0 Å². The average Bonchev–Trinajstić information content (AvgIpc) is 1.35. The fourth-order valence-electron chi connectivity index (χ4n) is 0.140. The van der Waals surface area contributed by atoms with Gasteiger partial charge in [-0.05, 0) is 13.3 Å². The lowest BCUT2D eigenvalue weighted by Crippen LogP contribution is -2.14. The van der Waals surface area contributed by atoms with E-state index in [2.05, 4.69) is 22.9 Å². The molecule has 0 aromatic carbocycles. The molecule has 1 nitrogen and oxygen atoms in total. The summed E-state index contributed by atoms with van der Waals surface area (Å²) in [5.74, 6) is 0. The van der Waals surface area contributed by atoms with Gasteiger partial charge in [-0.3, -0.25) is 0 Å². The number of nitrogens with two attached hydrogens (primary N) is 1. The van der Waals surface area contributed by atoms with E-state index in [9.17, 15) is 0 Å². The number of hydrogen-bond acceptors (Lipinski definition) is 1. The van der Waals surface area contributed by atoms with Crippen LogP contribution in [0.3, 0.4) is 0 Å². The van der Waals surface area contributed by atoms with Gasteiger partial charge in [0.15, 0.2) is 0 Å². The highest BCUT2D eigenvalue weighted by Gasteiger charge is 1.86. The molecule has 0 spiro atoms. The van der Waals surface area contributed by atoms with Gasteiger partial charge in [-0.1, -0.05) is 15.9 Å². The average molecular weight is 151 g/mol. The molecule has 0 aliphatic heterocycles. The number of halogens is 1. The summed E-state index contributed by atoms with van der Waals surface area (Å²) in [6.07, 6.45) is 0.958. The molecule has 0 aromatic heterocycles. The molecule has 2 heteroatoms. The van der Waals surface area contributed by atoms with Gasteiger partial charge in [0.25, 0.3) is 0 Å². The van der Waals surface area contributed by atoms with E-state index in [4.69, 9.17) is 5.73 Å². The summed E-state index contributed by atoms with van der Waals surface area (Å²) in [7, 11) is 0. The quantitative estimate of drug-likeness (QED) is 0.583. The van der Waals surface area contributed by atoms with Crippen LogP contribution in [0.15, 0.2) is 0 Å². The number of alkyl halides is 1. The van der Waals surface area contributed by atoms with Crippen LogP contribution in [0.5, 0.6) is 0 Å². The normalized spacial score (nSPS) is 14.5. The van der Waals surface area contributed by atoms with E-state index in [1.165, 1.54) is 0 Å². The van der Waals surface area contributed by atoms with E-state index >= 15 is 0 Å². The summed E-state index contributed by atoms with van der Waals surface area (Å²) in [5, 5.41) is 0.956. The van der Waals surface area contributed by atoms with E-state index in [1.807, 2.05) is 0 Å². The van der Waals surface area contributed by atoms with E-state index in [0.29, 0.717) is 0 Å². The van der Waals surface area contributed by atoms with Gasteiger partial charge in [0.1, 0.15) is 0 Å². The van der Waals surface area contributed by atoms with Crippen molar-refractivity contribution in [2.75, 3.05) is 5.33 Å². The molecule has 0 bridgehead atoms. The highest BCUT2D eigenvalue weighted by atomic mass is 79.9. The Morgan fingerprint density at radius 1 is 1.83 bits per heavy atom. The van der Waals surface area contributed by atoms with Crippen molar-refractivity contribution in [2.45, 2.75) is 12.5 Å². The molecule has 0 amide bonds. The van der Waals surface area contributed by atoms with Crippen molar-refractivity contribution in [3.05, 3.63) is 6.92 Å². The van der Waals surface area contributed by atoms with Crippen molar-refractivity contribution in [1.82, 2.24) is 0 Å². The van der Waals surface area contributed by atoms with Gasteiger partial charge in [0.05, 0.1) is 0 Å². The minimum Gasteiger partial charge on any atom is -0.328 e. The van der Waals surface area contributed by atoms with Gasteiger partial charge < -0.3 is 5.73 Å². The first kappa shape index (κ1) is 6.44. The minimum absolute atomic E-state index is 0.101. The lowest BCUT2D eigenvalue weighted by molar-refractivity contribution is 0.791. The standard InChI is InChI=1S/C4H9BrN/c1-4(6)2-3-5/h4H,1-3,6H2. The van der Waals surface area contributed by atoms with Crippen LogP contribution < -0.4 is 5.73 Å². The Morgan fingerprint density at radius 3 is 2.33 bits per heavy atom. The van der Waals surface area contributed by atoms with Crippen LogP contribution in [0.25, 0.3) is 0 Å². The van der Waals surface area contributed by atoms with Crippen LogP contribution >= 0.6 is 15.9 Å². The molecule has 37 valence electrons. The highest BCUT2D eigenvalue weighted by molar-refractivity contribution is 9.09. The van der Waals surface area contributed by atoms with Crippen molar-refractivity contribution in [3.8, 4) is 0 Å². The van der Waals surface area contributed by atoms with E-state index in [0.717, 1.165) is 11.8 Å². The van der Waals surface area contributed by atoms with Crippen LogP contribution in [0.1, 0.15) is 6.42 Å². The second kappa shape index (κ2) is 3.62. The monoisotopic (exact) mass is 150 g/mol. The number of rotatable bonds is 2.